The molecule has 0 aromatic rings. The Morgan fingerprint density at radius 1 is 1.04 bits per heavy atom. The van der Waals surface area contributed by atoms with E-state index in [0.717, 1.165) is 6.04 Å². The maximum atomic E-state index is 6.94. The first-order valence-corrected chi connectivity index (χ1v) is 11.7. The summed E-state index contributed by atoms with van der Waals surface area (Å²) in [5, 5.41) is 1.50. The molecular weight excluding hydrogens is 300 g/mol. The van der Waals surface area contributed by atoms with Crippen LogP contribution in [0.15, 0.2) is 22.9 Å². The Hall–Kier alpha value is -0.383. The van der Waals surface area contributed by atoms with Crippen LogP contribution in [0.5, 0.6) is 0 Å². The summed E-state index contributed by atoms with van der Waals surface area (Å²) < 4.78 is 13.5. The largest absolute Gasteiger partial charge is 0.389 e. The highest BCUT2D eigenvalue weighted by Gasteiger charge is 2.46. The second kappa shape index (κ2) is 8.13. The van der Waals surface area contributed by atoms with Gasteiger partial charge in [0.05, 0.1) is 5.60 Å². The quantitative estimate of drug-likeness (QED) is 0.406. The van der Waals surface area contributed by atoms with Gasteiger partial charge in [0.2, 0.25) is 0 Å². The fourth-order valence-electron chi connectivity index (χ4n) is 3.98. The van der Waals surface area contributed by atoms with Gasteiger partial charge in [-0.2, -0.15) is 0 Å². The Labute approximate surface area is 144 Å². The van der Waals surface area contributed by atoms with Crippen molar-refractivity contribution in [3.8, 4) is 0 Å². The summed E-state index contributed by atoms with van der Waals surface area (Å²) >= 11 is 0. The minimum Gasteiger partial charge on any atom is -0.389 e. The lowest BCUT2D eigenvalue weighted by molar-refractivity contribution is 0.0608. The van der Waals surface area contributed by atoms with Gasteiger partial charge in [-0.1, -0.05) is 19.1 Å². The molecule has 2 rings (SSSR count). The molecule has 1 unspecified atom stereocenters. The van der Waals surface area contributed by atoms with Crippen molar-refractivity contribution >= 4 is 8.56 Å². The van der Waals surface area contributed by atoms with Gasteiger partial charge in [0, 0.05) is 6.10 Å². The molecule has 0 aromatic heterocycles. The first kappa shape index (κ1) is 18.9. The van der Waals surface area contributed by atoms with Gasteiger partial charge in [0.15, 0.2) is 0 Å². The predicted molar refractivity (Wildman–Crippen MR) is 101 cm³/mol. The molecule has 0 radical (unpaired) electrons. The summed E-state index contributed by atoms with van der Waals surface area (Å²) in [7, 11) is -2.33. The molecule has 0 saturated carbocycles. The van der Waals surface area contributed by atoms with Gasteiger partial charge >= 0.3 is 8.56 Å². The molecule has 0 aromatic carbocycles. The van der Waals surface area contributed by atoms with Crippen LogP contribution in [0.2, 0.25) is 6.04 Å². The number of hydrogen-bond donors (Lipinski definition) is 0. The highest BCUT2D eigenvalue weighted by molar-refractivity contribution is 6.75. The molecule has 1 atom stereocenters. The van der Waals surface area contributed by atoms with Crippen molar-refractivity contribution in [2.75, 3.05) is 0 Å². The van der Waals surface area contributed by atoms with Gasteiger partial charge in [-0.15, -0.1) is 0 Å². The van der Waals surface area contributed by atoms with E-state index in [2.05, 4.69) is 46.8 Å². The molecule has 0 saturated heterocycles. The van der Waals surface area contributed by atoms with E-state index in [1.54, 1.807) is 0 Å². The fraction of sp³-hybridized carbons (Fsp3) is 0.800. The van der Waals surface area contributed by atoms with Crippen LogP contribution in [0.25, 0.3) is 0 Å². The Morgan fingerprint density at radius 2 is 1.70 bits per heavy atom. The van der Waals surface area contributed by atoms with E-state index in [4.69, 9.17) is 8.85 Å². The normalized spacial score (nSPS) is 22.5. The lowest BCUT2D eigenvalue weighted by Gasteiger charge is -2.43. The smallest absolute Gasteiger partial charge is 0.368 e. The number of allylic oxidation sites excluding steroid dienone is 3. The van der Waals surface area contributed by atoms with Crippen molar-refractivity contribution in [1.82, 2.24) is 0 Å². The van der Waals surface area contributed by atoms with E-state index in [0.29, 0.717) is 0 Å². The zero-order chi connectivity index (χ0) is 16.9. The average molecular weight is 337 g/mol. The molecule has 3 heteroatoms. The van der Waals surface area contributed by atoms with Crippen molar-refractivity contribution in [2.24, 2.45) is 0 Å². The van der Waals surface area contributed by atoms with Gasteiger partial charge in [0.1, 0.15) is 0 Å². The van der Waals surface area contributed by atoms with Crippen LogP contribution < -0.4 is 0 Å². The molecule has 0 heterocycles. The first-order valence-electron chi connectivity index (χ1n) is 9.66. The van der Waals surface area contributed by atoms with Crippen LogP contribution in [0.1, 0.15) is 86.0 Å². The predicted octanol–water partition coefficient (Wildman–Crippen LogP) is 6.21. The summed E-state index contributed by atoms with van der Waals surface area (Å²) in [6.45, 7) is 11.1. The third-order valence-electron chi connectivity index (χ3n) is 5.16. The van der Waals surface area contributed by atoms with E-state index in [9.17, 15) is 0 Å². The number of hydrogen-bond acceptors (Lipinski definition) is 2. The minimum absolute atomic E-state index is 0.199. The van der Waals surface area contributed by atoms with E-state index in [-0.39, 0.29) is 11.7 Å². The highest BCUT2D eigenvalue weighted by atomic mass is 28.4. The zero-order valence-electron chi connectivity index (χ0n) is 15.9. The molecule has 132 valence electrons. The molecule has 0 N–H and O–H groups in total. The Balaban J connectivity index is 2.28. The zero-order valence-corrected chi connectivity index (χ0v) is 16.9. The van der Waals surface area contributed by atoms with Crippen LogP contribution in [-0.2, 0) is 8.85 Å². The summed E-state index contributed by atoms with van der Waals surface area (Å²) in [6, 6.07) is 1.01. The lowest BCUT2D eigenvalue weighted by Crippen LogP contribution is -2.52. The SMILES string of the molecule is CC[Si](OC(C)C)(OC(C)(C)C1=CCCCC1)C1=CCCCC1. The Bertz CT molecular complexity index is 451. The molecular formula is C20H36O2Si. The average Bonchev–Trinajstić information content (AvgIpc) is 2.55. The summed E-state index contributed by atoms with van der Waals surface area (Å²) in [5.74, 6) is 0. The van der Waals surface area contributed by atoms with E-state index < -0.39 is 8.56 Å². The molecule has 23 heavy (non-hydrogen) atoms. The van der Waals surface area contributed by atoms with Crippen molar-refractivity contribution < 1.29 is 8.85 Å². The second-order valence-corrected chi connectivity index (χ2v) is 11.1. The standard InChI is InChI=1S/C20H36O2Si/c1-6-23(21-17(2)3,19-15-11-8-12-16-19)22-20(4,5)18-13-9-7-10-14-18/h13,15,17H,6-12,14,16H2,1-5H3. The summed E-state index contributed by atoms with van der Waals surface area (Å²) in [4.78, 5) is 0. The van der Waals surface area contributed by atoms with E-state index in [1.165, 1.54) is 62.1 Å². The monoisotopic (exact) mass is 336 g/mol. The van der Waals surface area contributed by atoms with Crippen LogP contribution in [0.3, 0.4) is 0 Å². The lowest BCUT2D eigenvalue weighted by atomic mass is 9.88. The van der Waals surface area contributed by atoms with Gasteiger partial charge in [0.25, 0.3) is 0 Å². The molecule has 2 aliphatic carbocycles. The van der Waals surface area contributed by atoms with Crippen molar-refractivity contribution in [3.63, 3.8) is 0 Å². The molecule has 0 bridgehead atoms. The van der Waals surface area contributed by atoms with Crippen molar-refractivity contribution in [1.29, 1.82) is 0 Å². The summed E-state index contributed by atoms with van der Waals surface area (Å²) in [5.41, 5.74) is 1.29. The number of rotatable bonds is 7. The van der Waals surface area contributed by atoms with Gasteiger partial charge in [-0.3, -0.25) is 0 Å². The van der Waals surface area contributed by atoms with Gasteiger partial charge in [-0.05, 0) is 95.9 Å². The van der Waals surface area contributed by atoms with Gasteiger partial charge < -0.3 is 8.85 Å². The highest BCUT2D eigenvalue weighted by Crippen LogP contribution is 2.39. The maximum Gasteiger partial charge on any atom is 0.368 e. The van der Waals surface area contributed by atoms with Crippen LogP contribution in [0.4, 0.5) is 0 Å². The van der Waals surface area contributed by atoms with Crippen LogP contribution >= 0.6 is 0 Å². The molecule has 0 aliphatic heterocycles. The molecule has 0 amide bonds. The van der Waals surface area contributed by atoms with Crippen LogP contribution in [0, 0.1) is 0 Å². The summed E-state index contributed by atoms with van der Waals surface area (Å²) in [6.07, 6.45) is 15.0. The fourth-order valence-corrected chi connectivity index (χ4v) is 7.80. The molecule has 2 nitrogen and oxygen atoms in total. The Morgan fingerprint density at radius 3 is 2.17 bits per heavy atom. The van der Waals surface area contributed by atoms with E-state index in [1.807, 2.05) is 0 Å². The molecule has 2 aliphatic rings. The molecule has 0 fully saturated rings. The van der Waals surface area contributed by atoms with Gasteiger partial charge in [-0.25, -0.2) is 0 Å². The third-order valence-corrected chi connectivity index (χ3v) is 9.21. The Kier molecular flexibility index (Phi) is 6.70. The second-order valence-electron chi connectivity index (χ2n) is 7.84. The molecule has 0 spiro atoms. The maximum absolute atomic E-state index is 6.94. The van der Waals surface area contributed by atoms with Crippen molar-refractivity contribution in [2.45, 2.75) is 104 Å². The van der Waals surface area contributed by atoms with Crippen molar-refractivity contribution in [3.05, 3.63) is 22.9 Å². The topological polar surface area (TPSA) is 18.5 Å². The minimum atomic E-state index is -2.33. The van der Waals surface area contributed by atoms with Crippen LogP contribution in [-0.4, -0.2) is 20.3 Å². The first-order chi connectivity index (χ1) is 10.9. The van der Waals surface area contributed by atoms with E-state index >= 15 is 0 Å². The third kappa shape index (κ3) is 4.80.